The van der Waals surface area contributed by atoms with Gasteiger partial charge in [-0.05, 0) is 26.7 Å². The SMILES string of the molecule is COCCCC(N)C=C(C)C. The lowest BCUT2D eigenvalue weighted by atomic mass is 10.1. The van der Waals surface area contributed by atoms with E-state index in [4.69, 9.17) is 10.5 Å². The molecule has 0 aromatic heterocycles. The topological polar surface area (TPSA) is 35.2 Å². The molecule has 0 aliphatic heterocycles. The third-order valence-electron chi connectivity index (χ3n) is 1.43. The van der Waals surface area contributed by atoms with Gasteiger partial charge in [0.2, 0.25) is 0 Å². The lowest BCUT2D eigenvalue weighted by Crippen LogP contribution is -2.17. The second-order valence-corrected chi connectivity index (χ2v) is 3.04. The van der Waals surface area contributed by atoms with Crippen molar-refractivity contribution in [3.63, 3.8) is 0 Å². The van der Waals surface area contributed by atoms with E-state index in [2.05, 4.69) is 19.9 Å². The molecule has 0 aliphatic carbocycles. The minimum absolute atomic E-state index is 0.204. The summed E-state index contributed by atoms with van der Waals surface area (Å²) in [4.78, 5) is 0. The first-order chi connectivity index (χ1) is 5.16. The van der Waals surface area contributed by atoms with Crippen molar-refractivity contribution in [2.45, 2.75) is 32.7 Å². The monoisotopic (exact) mass is 157 g/mol. The molecule has 0 heterocycles. The Morgan fingerprint density at radius 1 is 1.55 bits per heavy atom. The number of hydrogen-bond acceptors (Lipinski definition) is 2. The minimum Gasteiger partial charge on any atom is -0.385 e. The van der Waals surface area contributed by atoms with Crippen molar-refractivity contribution in [1.29, 1.82) is 0 Å². The molecular formula is C9H19NO. The molecule has 0 aromatic carbocycles. The molecule has 2 N–H and O–H groups in total. The molecule has 0 bridgehead atoms. The summed E-state index contributed by atoms with van der Waals surface area (Å²) >= 11 is 0. The van der Waals surface area contributed by atoms with Gasteiger partial charge < -0.3 is 10.5 Å². The Morgan fingerprint density at radius 3 is 2.64 bits per heavy atom. The highest BCUT2D eigenvalue weighted by Crippen LogP contribution is 1.99. The van der Waals surface area contributed by atoms with Gasteiger partial charge in [0.05, 0.1) is 0 Å². The summed E-state index contributed by atoms with van der Waals surface area (Å²) < 4.78 is 4.92. The number of methoxy groups -OCH3 is 1. The van der Waals surface area contributed by atoms with E-state index >= 15 is 0 Å². The smallest absolute Gasteiger partial charge is 0.0462 e. The molecule has 1 atom stereocenters. The van der Waals surface area contributed by atoms with E-state index in [1.54, 1.807) is 7.11 Å². The maximum atomic E-state index is 5.78. The Bertz CT molecular complexity index is 117. The van der Waals surface area contributed by atoms with Gasteiger partial charge in [0.1, 0.15) is 0 Å². The molecule has 0 aliphatic rings. The summed E-state index contributed by atoms with van der Waals surface area (Å²) in [5.41, 5.74) is 7.07. The summed E-state index contributed by atoms with van der Waals surface area (Å²) in [7, 11) is 1.71. The van der Waals surface area contributed by atoms with Crippen molar-refractivity contribution in [2.75, 3.05) is 13.7 Å². The lowest BCUT2D eigenvalue weighted by molar-refractivity contribution is 0.192. The summed E-state index contributed by atoms with van der Waals surface area (Å²) in [6.07, 6.45) is 4.15. The van der Waals surface area contributed by atoms with E-state index in [0.717, 1.165) is 19.4 Å². The molecule has 66 valence electrons. The van der Waals surface area contributed by atoms with Gasteiger partial charge in [-0.1, -0.05) is 11.6 Å². The predicted octanol–water partition coefficient (Wildman–Crippen LogP) is 1.71. The normalized spacial score (nSPS) is 12.7. The van der Waals surface area contributed by atoms with Gasteiger partial charge in [0.25, 0.3) is 0 Å². The first-order valence-corrected chi connectivity index (χ1v) is 4.06. The van der Waals surface area contributed by atoms with Crippen LogP contribution in [0.15, 0.2) is 11.6 Å². The highest BCUT2D eigenvalue weighted by Gasteiger charge is 1.96. The molecule has 0 aromatic rings. The molecule has 2 heteroatoms. The Morgan fingerprint density at radius 2 is 2.18 bits per heavy atom. The van der Waals surface area contributed by atoms with Crippen molar-refractivity contribution in [2.24, 2.45) is 5.73 Å². The van der Waals surface area contributed by atoms with E-state index in [1.165, 1.54) is 5.57 Å². The maximum absolute atomic E-state index is 5.78. The van der Waals surface area contributed by atoms with Crippen LogP contribution in [0, 0.1) is 0 Å². The van der Waals surface area contributed by atoms with Gasteiger partial charge in [-0.2, -0.15) is 0 Å². The molecule has 0 radical (unpaired) electrons. The van der Waals surface area contributed by atoms with Crippen LogP contribution < -0.4 is 5.73 Å². The van der Waals surface area contributed by atoms with Gasteiger partial charge >= 0.3 is 0 Å². The number of hydrogen-bond donors (Lipinski definition) is 1. The zero-order chi connectivity index (χ0) is 8.69. The van der Waals surface area contributed by atoms with Crippen LogP contribution in [0.5, 0.6) is 0 Å². The molecule has 0 fully saturated rings. The van der Waals surface area contributed by atoms with Crippen molar-refractivity contribution < 1.29 is 4.74 Å². The molecule has 0 amide bonds. The largest absolute Gasteiger partial charge is 0.385 e. The van der Waals surface area contributed by atoms with Crippen LogP contribution in [0.25, 0.3) is 0 Å². The average Bonchev–Trinajstić information content (AvgIpc) is 1.86. The zero-order valence-corrected chi connectivity index (χ0v) is 7.76. The summed E-state index contributed by atoms with van der Waals surface area (Å²) in [5, 5.41) is 0. The standard InChI is InChI=1S/C9H19NO/c1-8(2)7-9(10)5-4-6-11-3/h7,9H,4-6,10H2,1-3H3. The molecule has 0 saturated carbocycles. The third kappa shape index (κ3) is 7.56. The Kier molecular flexibility index (Phi) is 6.18. The highest BCUT2D eigenvalue weighted by atomic mass is 16.5. The first kappa shape index (κ1) is 10.7. The van der Waals surface area contributed by atoms with Gasteiger partial charge in [0, 0.05) is 19.8 Å². The van der Waals surface area contributed by atoms with Crippen LogP contribution in [0.3, 0.4) is 0 Å². The zero-order valence-electron chi connectivity index (χ0n) is 7.76. The van der Waals surface area contributed by atoms with Gasteiger partial charge in [-0.25, -0.2) is 0 Å². The lowest BCUT2D eigenvalue weighted by Gasteiger charge is -2.05. The molecule has 1 unspecified atom stereocenters. The molecular weight excluding hydrogens is 138 g/mol. The van der Waals surface area contributed by atoms with Crippen LogP contribution in [0.4, 0.5) is 0 Å². The fraction of sp³-hybridized carbons (Fsp3) is 0.778. The number of rotatable bonds is 5. The van der Waals surface area contributed by atoms with Crippen LogP contribution in [-0.2, 0) is 4.74 Å². The molecule has 2 nitrogen and oxygen atoms in total. The second-order valence-electron chi connectivity index (χ2n) is 3.04. The quantitative estimate of drug-likeness (QED) is 0.487. The summed E-state index contributed by atoms with van der Waals surface area (Å²) in [5.74, 6) is 0. The van der Waals surface area contributed by atoms with E-state index in [9.17, 15) is 0 Å². The van der Waals surface area contributed by atoms with Crippen LogP contribution in [0.1, 0.15) is 26.7 Å². The molecule has 0 spiro atoms. The average molecular weight is 157 g/mol. The van der Waals surface area contributed by atoms with Crippen molar-refractivity contribution in [3.05, 3.63) is 11.6 Å². The number of allylic oxidation sites excluding steroid dienone is 1. The van der Waals surface area contributed by atoms with Gasteiger partial charge in [0.15, 0.2) is 0 Å². The fourth-order valence-corrected chi connectivity index (χ4v) is 0.975. The van der Waals surface area contributed by atoms with Gasteiger partial charge in [-0.3, -0.25) is 0 Å². The molecule has 11 heavy (non-hydrogen) atoms. The van der Waals surface area contributed by atoms with Crippen LogP contribution in [-0.4, -0.2) is 19.8 Å². The number of ether oxygens (including phenoxy) is 1. The Labute approximate surface area is 69.4 Å². The highest BCUT2D eigenvalue weighted by molar-refractivity contribution is 4.99. The van der Waals surface area contributed by atoms with Crippen molar-refractivity contribution in [1.82, 2.24) is 0 Å². The maximum Gasteiger partial charge on any atom is 0.0462 e. The molecule has 0 saturated heterocycles. The molecule has 0 rings (SSSR count). The van der Waals surface area contributed by atoms with E-state index in [1.807, 2.05) is 0 Å². The van der Waals surface area contributed by atoms with E-state index in [0.29, 0.717) is 0 Å². The fourth-order valence-electron chi connectivity index (χ4n) is 0.975. The minimum atomic E-state index is 0.204. The Balaban J connectivity index is 3.37. The van der Waals surface area contributed by atoms with Gasteiger partial charge in [-0.15, -0.1) is 0 Å². The predicted molar refractivity (Wildman–Crippen MR) is 48.5 cm³/mol. The number of nitrogens with two attached hydrogens (primary N) is 1. The van der Waals surface area contributed by atoms with Crippen molar-refractivity contribution >= 4 is 0 Å². The first-order valence-electron chi connectivity index (χ1n) is 4.06. The summed E-state index contributed by atoms with van der Waals surface area (Å²) in [6.45, 7) is 4.94. The van der Waals surface area contributed by atoms with Crippen LogP contribution >= 0.6 is 0 Å². The van der Waals surface area contributed by atoms with Crippen molar-refractivity contribution in [3.8, 4) is 0 Å². The second kappa shape index (κ2) is 6.38. The van der Waals surface area contributed by atoms with Crippen LogP contribution in [0.2, 0.25) is 0 Å². The van der Waals surface area contributed by atoms with E-state index in [-0.39, 0.29) is 6.04 Å². The third-order valence-corrected chi connectivity index (χ3v) is 1.43. The van der Waals surface area contributed by atoms with E-state index < -0.39 is 0 Å². The Hall–Kier alpha value is -0.340. The summed E-state index contributed by atoms with van der Waals surface area (Å²) in [6, 6.07) is 0.204.